The Morgan fingerprint density at radius 3 is 2.62 bits per heavy atom. The molecule has 9 heteroatoms. The van der Waals surface area contributed by atoms with Gasteiger partial charge in [-0.05, 0) is 16.0 Å². The van der Waals surface area contributed by atoms with Crippen LogP contribution >= 0.6 is 0 Å². The molecule has 1 amide bonds. The first-order chi connectivity index (χ1) is 11.6. The smallest absolute Gasteiger partial charge is 0.248 e. The van der Waals surface area contributed by atoms with Crippen LogP contribution in [0.5, 0.6) is 0 Å². The predicted molar refractivity (Wildman–Crippen MR) is 84.5 cm³/mol. The highest BCUT2D eigenvalue weighted by atomic mass is 16.2. The number of nitrogens with zero attached hydrogens (tertiary/aromatic N) is 8. The summed E-state index contributed by atoms with van der Waals surface area (Å²) in [5, 5.41) is 19.1. The molecule has 1 aromatic carbocycles. The van der Waals surface area contributed by atoms with Crippen LogP contribution < -0.4 is 0 Å². The molecule has 2 heterocycles. The monoisotopic (exact) mass is 326 g/mol. The second-order valence-electron chi connectivity index (χ2n) is 5.55. The van der Waals surface area contributed by atoms with Gasteiger partial charge in [0, 0.05) is 20.5 Å². The average molecular weight is 326 g/mol. The van der Waals surface area contributed by atoms with Crippen LogP contribution in [0, 0.1) is 0 Å². The minimum Gasteiger partial charge on any atom is -0.336 e. The number of carbonyl (C=O) groups is 1. The van der Waals surface area contributed by atoms with E-state index in [0.717, 1.165) is 5.56 Å². The van der Waals surface area contributed by atoms with Crippen molar-refractivity contribution in [3.05, 3.63) is 54.4 Å². The van der Waals surface area contributed by atoms with Crippen molar-refractivity contribution < 1.29 is 4.79 Å². The van der Waals surface area contributed by atoms with Gasteiger partial charge in [-0.25, -0.2) is 4.68 Å². The summed E-state index contributed by atoms with van der Waals surface area (Å²) in [7, 11) is 3.58. The molecule has 0 saturated heterocycles. The summed E-state index contributed by atoms with van der Waals surface area (Å²) in [5.74, 6) is 0.621. The lowest BCUT2D eigenvalue weighted by molar-refractivity contribution is -0.134. The molecule has 0 aliphatic rings. The summed E-state index contributed by atoms with van der Waals surface area (Å²) < 4.78 is 3.27. The van der Waals surface area contributed by atoms with Crippen LogP contribution in [-0.2, 0) is 24.8 Å². The van der Waals surface area contributed by atoms with Gasteiger partial charge in [-0.3, -0.25) is 4.79 Å². The van der Waals surface area contributed by atoms with E-state index in [2.05, 4.69) is 25.7 Å². The van der Waals surface area contributed by atoms with Crippen LogP contribution in [0.25, 0.3) is 0 Å². The first-order valence-corrected chi connectivity index (χ1v) is 7.49. The molecule has 1 atom stereocenters. The van der Waals surface area contributed by atoms with Crippen LogP contribution in [0.4, 0.5) is 0 Å². The first kappa shape index (κ1) is 15.8. The van der Waals surface area contributed by atoms with Crippen LogP contribution in [0.2, 0.25) is 0 Å². The van der Waals surface area contributed by atoms with Gasteiger partial charge in [-0.1, -0.05) is 30.3 Å². The van der Waals surface area contributed by atoms with Crippen LogP contribution in [0.1, 0.15) is 17.4 Å². The minimum absolute atomic E-state index is 0.0887. The number of tetrazole rings is 1. The predicted octanol–water partition coefficient (Wildman–Crippen LogP) is 0.244. The van der Waals surface area contributed by atoms with E-state index in [9.17, 15) is 4.79 Å². The lowest BCUT2D eigenvalue weighted by Gasteiger charge is -2.23. The highest BCUT2D eigenvalue weighted by Gasteiger charge is 2.26. The number of amides is 1. The lowest BCUT2D eigenvalue weighted by Crippen LogP contribution is -2.36. The van der Waals surface area contributed by atoms with E-state index in [1.54, 1.807) is 22.8 Å². The maximum absolute atomic E-state index is 12.9. The number of hydrogen-bond acceptors (Lipinski definition) is 6. The normalized spacial score (nSPS) is 12.1. The molecule has 0 bridgehead atoms. The highest BCUT2D eigenvalue weighted by Crippen LogP contribution is 2.16. The van der Waals surface area contributed by atoms with Gasteiger partial charge in [-0.2, -0.15) is 0 Å². The molecule has 3 aromatic rings. The number of carbonyl (C=O) groups excluding carboxylic acids is 1. The van der Waals surface area contributed by atoms with Gasteiger partial charge in [0.25, 0.3) is 0 Å². The van der Waals surface area contributed by atoms with E-state index >= 15 is 0 Å². The molecule has 2 aromatic heterocycles. The average Bonchev–Trinajstić information content (AvgIpc) is 3.25. The van der Waals surface area contributed by atoms with Crippen molar-refractivity contribution >= 4 is 5.91 Å². The zero-order valence-electron chi connectivity index (χ0n) is 13.5. The second kappa shape index (κ2) is 6.99. The molecule has 9 nitrogen and oxygen atoms in total. The molecule has 0 spiro atoms. The third-order valence-corrected chi connectivity index (χ3v) is 3.80. The van der Waals surface area contributed by atoms with Crippen molar-refractivity contribution in [1.29, 1.82) is 0 Å². The summed E-state index contributed by atoms with van der Waals surface area (Å²) in [4.78, 5) is 14.5. The standard InChI is InChI=1S/C15H18N8O/c1-21(9-14-18-16-10-22(14)2)15(24)13(23-11-17-19-20-23)8-12-6-4-3-5-7-12/h3-7,10-11,13H,8-9H2,1-2H3/t13-/m1/s1. The summed E-state index contributed by atoms with van der Waals surface area (Å²) in [6.07, 6.45) is 3.58. The molecule has 0 saturated carbocycles. The van der Waals surface area contributed by atoms with E-state index in [0.29, 0.717) is 18.8 Å². The molecule has 3 rings (SSSR count). The fraction of sp³-hybridized carbons (Fsp3) is 0.333. The van der Waals surface area contributed by atoms with E-state index in [1.165, 1.54) is 11.0 Å². The Bertz CT molecular complexity index is 783. The first-order valence-electron chi connectivity index (χ1n) is 7.49. The molecule has 0 unspecified atom stereocenters. The third kappa shape index (κ3) is 3.45. The van der Waals surface area contributed by atoms with Crippen molar-refractivity contribution in [2.24, 2.45) is 7.05 Å². The molecule has 0 N–H and O–H groups in total. The Labute approximate surface area is 138 Å². The van der Waals surface area contributed by atoms with Gasteiger partial charge >= 0.3 is 0 Å². The summed E-state index contributed by atoms with van der Waals surface area (Å²) in [6, 6.07) is 9.28. The van der Waals surface area contributed by atoms with Crippen LogP contribution in [0.3, 0.4) is 0 Å². The van der Waals surface area contributed by atoms with E-state index in [1.807, 2.05) is 37.4 Å². The van der Waals surface area contributed by atoms with Crippen molar-refractivity contribution in [1.82, 2.24) is 39.9 Å². The quantitative estimate of drug-likeness (QED) is 0.644. The van der Waals surface area contributed by atoms with Crippen molar-refractivity contribution in [3.8, 4) is 0 Å². The SMILES string of the molecule is CN(Cc1nncn1C)C(=O)[C@@H](Cc1ccccc1)n1cnnn1. The maximum Gasteiger partial charge on any atom is 0.248 e. The number of hydrogen-bond donors (Lipinski definition) is 0. The zero-order chi connectivity index (χ0) is 16.9. The van der Waals surface area contributed by atoms with E-state index in [-0.39, 0.29) is 5.91 Å². The maximum atomic E-state index is 12.9. The number of aryl methyl sites for hydroxylation is 1. The Balaban J connectivity index is 1.79. The summed E-state index contributed by atoms with van der Waals surface area (Å²) >= 11 is 0. The zero-order valence-corrected chi connectivity index (χ0v) is 13.5. The number of rotatable bonds is 6. The molecular weight excluding hydrogens is 308 g/mol. The van der Waals surface area contributed by atoms with Gasteiger partial charge in [0.05, 0.1) is 6.54 Å². The second-order valence-corrected chi connectivity index (χ2v) is 5.55. The lowest BCUT2D eigenvalue weighted by atomic mass is 10.1. The summed E-state index contributed by atoms with van der Waals surface area (Å²) in [6.45, 7) is 0.364. The Morgan fingerprint density at radius 1 is 1.21 bits per heavy atom. The van der Waals surface area contributed by atoms with Crippen molar-refractivity contribution in [2.75, 3.05) is 7.05 Å². The van der Waals surface area contributed by atoms with Gasteiger partial charge in [0.1, 0.15) is 18.7 Å². The number of likely N-dealkylation sites (N-methyl/N-ethyl adjacent to an activating group) is 1. The van der Waals surface area contributed by atoms with Crippen LogP contribution in [0.15, 0.2) is 43.0 Å². The molecule has 24 heavy (non-hydrogen) atoms. The highest BCUT2D eigenvalue weighted by molar-refractivity contribution is 5.80. The Hall–Kier alpha value is -3.10. The molecule has 124 valence electrons. The molecule has 0 aliphatic carbocycles. The van der Waals surface area contributed by atoms with Gasteiger partial charge in [0.15, 0.2) is 5.82 Å². The van der Waals surface area contributed by atoms with Crippen molar-refractivity contribution in [3.63, 3.8) is 0 Å². The van der Waals surface area contributed by atoms with Crippen molar-refractivity contribution in [2.45, 2.75) is 19.0 Å². The van der Waals surface area contributed by atoms with Gasteiger partial charge < -0.3 is 9.47 Å². The fourth-order valence-corrected chi connectivity index (χ4v) is 2.44. The van der Waals surface area contributed by atoms with Gasteiger partial charge in [-0.15, -0.1) is 15.3 Å². The summed E-state index contributed by atoms with van der Waals surface area (Å²) in [5.41, 5.74) is 1.04. The molecular formula is C15H18N8O. The topological polar surface area (TPSA) is 94.6 Å². The van der Waals surface area contributed by atoms with Gasteiger partial charge in [0.2, 0.25) is 5.91 Å². The Kier molecular flexibility index (Phi) is 4.59. The molecule has 0 fully saturated rings. The number of benzene rings is 1. The van der Waals surface area contributed by atoms with E-state index < -0.39 is 6.04 Å². The van der Waals surface area contributed by atoms with E-state index in [4.69, 9.17) is 0 Å². The minimum atomic E-state index is -0.513. The Morgan fingerprint density at radius 2 is 2.00 bits per heavy atom. The fourth-order valence-electron chi connectivity index (χ4n) is 2.44. The largest absolute Gasteiger partial charge is 0.336 e. The third-order valence-electron chi connectivity index (χ3n) is 3.80. The number of aromatic nitrogens is 7. The molecule has 0 aliphatic heterocycles. The molecule has 0 radical (unpaired) electrons. The van der Waals surface area contributed by atoms with Crippen LogP contribution in [-0.4, -0.2) is 52.8 Å².